The summed E-state index contributed by atoms with van der Waals surface area (Å²) in [5, 5.41) is 9.99. The van der Waals surface area contributed by atoms with Gasteiger partial charge >= 0.3 is 0 Å². The third-order valence-electron chi connectivity index (χ3n) is 3.82. The zero-order chi connectivity index (χ0) is 16.2. The first kappa shape index (κ1) is 15.0. The molecule has 23 heavy (non-hydrogen) atoms. The summed E-state index contributed by atoms with van der Waals surface area (Å²) in [5.74, 6) is -0.184. The van der Waals surface area contributed by atoms with Crippen LogP contribution >= 0.6 is 0 Å². The zero-order valence-electron chi connectivity index (χ0n) is 13.3. The lowest BCUT2D eigenvalue weighted by Gasteiger charge is -2.08. The number of rotatable bonds is 4. The average Bonchev–Trinajstić information content (AvgIpc) is 3.06. The van der Waals surface area contributed by atoms with Crippen molar-refractivity contribution in [3.8, 4) is 11.3 Å². The standard InChI is InChI=1S/C19H19N3O/c1-3-14-6-4-5-7-16(14)20-19(23)18-12-17(21-22-18)15-10-8-13(2)9-11-15/h4-12H,3H2,1-2H3,(H,20,23)(H,21,22). The molecule has 2 aromatic carbocycles. The summed E-state index contributed by atoms with van der Waals surface area (Å²) in [5.41, 5.74) is 5.34. The molecular weight excluding hydrogens is 286 g/mol. The summed E-state index contributed by atoms with van der Waals surface area (Å²) in [6.45, 7) is 4.11. The number of nitrogens with zero attached hydrogens (tertiary/aromatic N) is 1. The van der Waals surface area contributed by atoms with Gasteiger partial charge in [0.05, 0.1) is 5.69 Å². The third kappa shape index (κ3) is 3.31. The Morgan fingerprint density at radius 1 is 1.13 bits per heavy atom. The Morgan fingerprint density at radius 3 is 2.61 bits per heavy atom. The number of hydrogen-bond donors (Lipinski definition) is 2. The van der Waals surface area contributed by atoms with E-state index in [1.807, 2.05) is 55.5 Å². The summed E-state index contributed by atoms with van der Waals surface area (Å²) in [6.07, 6.45) is 0.869. The molecule has 2 N–H and O–H groups in total. The second-order valence-electron chi connectivity index (χ2n) is 5.50. The van der Waals surface area contributed by atoms with E-state index in [-0.39, 0.29) is 5.91 Å². The first-order chi connectivity index (χ1) is 11.2. The van der Waals surface area contributed by atoms with Crippen LogP contribution in [-0.2, 0) is 6.42 Å². The molecule has 0 aliphatic carbocycles. The smallest absolute Gasteiger partial charge is 0.273 e. The summed E-state index contributed by atoms with van der Waals surface area (Å²) < 4.78 is 0. The maximum atomic E-state index is 12.4. The molecule has 0 aliphatic heterocycles. The van der Waals surface area contributed by atoms with Gasteiger partial charge in [-0.05, 0) is 31.0 Å². The Balaban J connectivity index is 1.80. The number of anilines is 1. The van der Waals surface area contributed by atoms with E-state index in [9.17, 15) is 4.79 Å². The highest BCUT2D eigenvalue weighted by Gasteiger charge is 2.12. The van der Waals surface area contributed by atoms with Crippen molar-refractivity contribution < 1.29 is 4.79 Å². The summed E-state index contributed by atoms with van der Waals surface area (Å²) >= 11 is 0. The topological polar surface area (TPSA) is 57.8 Å². The molecule has 0 fully saturated rings. The molecule has 1 heterocycles. The van der Waals surface area contributed by atoms with Crippen LogP contribution in [-0.4, -0.2) is 16.1 Å². The maximum absolute atomic E-state index is 12.4. The monoisotopic (exact) mass is 305 g/mol. The van der Waals surface area contributed by atoms with Gasteiger partial charge in [-0.25, -0.2) is 0 Å². The van der Waals surface area contributed by atoms with Gasteiger partial charge in [0.2, 0.25) is 0 Å². The number of benzene rings is 2. The van der Waals surface area contributed by atoms with Crippen LogP contribution in [0, 0.1) is 6.92 Å². The number of carbonyl (C=O) groups is 1. The van der Waals surface area contributed by atoms with E-state index in [2.05, 4.69) is 22.4 Å². The van der Waals surface area contributed by atoms with Crippen molar-refractivity contribution in [2.45, 2.75) is 20.3 Å². The highest BCUT2D eigenvalue weighted by atomic mass is 16.1. The Kier molecular flexibility index (Phi) is 4.24. The van der Waals surface area contributed by atoms with Crippen molar-refractivity contribution in [2.75, 3.05) is 5.32 Å². The highest BCUT2D eigenvalue weighted by molar-refractivity contribution is 6.03. The highest BCUT2D eigenvalue weighted by Crippen LogP contribution is 2.20. The number of aryl methyl sites for hydroxylation is 2. The maximum Gasteiger partial charge on any atom is 0.273 e. The van der Waals surface area contributed by atoms with E-state index < -0.39 is 0 Å². The quantitative estimate of drug-likeness (QED) is 0.759. The molecule has 3 aromatic rings. The predicted octanol–water partition coefficient (Wildman–Crippen LogP) is 4.20. The van der Waals surface area contributed by atoms with E-state index in [1.54, 1.807) is 6.07 Å². The van der Waals surface area contributed by atoms with Crippen molar-refractivity contribution in [1.29, 1.82) is 0 Å². The molecule has 0 saturated carbocycles. The fraction of sp³-hybridized carbons (Fsp3) is 0.158. The van der Waals surface area contributed by atoms with Gasteiger partial charge in [0, 0.05) is 11.3 Å². The van der Waals surface area contributed by atoms with Gasteiger partial charge in [-0.2, -0.15) is 5.10 Å². The SMILES string of the molecule is CCc1ccccc1NC(=O)c1cc(-c2ccc(C)cc2)n[nH]1. The minimum Gasteiger partial charge on any atom is -0.320 e. The van der Waals surface area contributed by atoms with Crippen LogP contribution in [0.4, 0.5) is 5.69 Å². The minimum atomic E-state index is -0.184. The number of para-hydroxylation sites is 1. The van der Waals surface area contributed by atoms with Crippen LogP contribution in [0.5, 0.6) is 0 Å². The van der Waals surface area contributed by atoms with E-state index in [4.69, 9.17) is 0 Å². The van der Waals surface area contributed by atoms with E-state index in [0.717, 1.165) is 28.9 Å². The molecule has 0 atom stereocenters. The van der Waals surface area contributed by atoms with Crippen molar-refractivity contribution in [1.82, 2.24) is 10.2 Å². The third-order valence-corrected chi connectivity index (χ3v) is 3.82. The van der Waals surface area contributed by atoms with Crippen LogP contribution in [0.2, 0.25) is 0 Å². The molecule has 3 rings (SSSR count). The molecule has 4 heteroatoms. The lowest BCUT2D eigenvalue weighted by atomic mass is 10.1. The molecule has 0 spiro atoms. The fourth-order valence-corrected chi connectivity index (χ4v) is 2.45. The normalized spacial score (nSPS) is 10.5. The Labute approximate surface area is 135 Å². The van der Waals surface area contributed by atoms with E-state index in [1.165, 1.54) is 5.56 Å². The second kappa shape index (κ2) is 6.48. The molecule has 0 aliphatic rings. The Bertz CT molecular complexity index is 819. The number of aromatic nitrogens is 2. The number of H-pyrrole nitrogens is 1. The number of aromatic amines is 1. The number of nitrogens with one attached hydrogen (secondary N) is 2. The van der Waals surface area contributed by atoms with Gasteiger partial charge in [-0.15, -0.1) is 0 Å². The zero-order valence-corrected chi connectivity index (χ0v) is 13.3. The van der Waals surface area contributed by atoms with E-state index in [0.29, 0.717) is 5.69 Å². The Morgan fingerprint density at radius 2 is 1.87 bits per heavy atom. The van der Waals surface area contributed by atoms with Crippen LogP contribution in [0.25, 0.3) is 11.3 Å². The van der Waals surface area contributed by atoms with Crippen LogP contribution < -0.4 is 5.32 Å². The number of amides is 1. The van der Waals surface area contributed by atoms with Gasteiger partial charge in [-0.3, -0.25) is 9.89 Å². The largest absolute Gasteiger partial charge is 0.320 e. The molecule has 1 amide bonds. The summed E-state index contributed by atoms with van der Waals surface area (Å²) in [7, 11) is 0. The second-order valence-corrected chi connectivity index (χ2v) is 5.50. The molecule has 0 radical (unpaired) electrons. The van der Waals surface area contributed by atoms with Crippen LogP contribution in [0.1, 0.15) is 28.5 Å². The molecule has 4 nitrogen and oxygen atoms in total. The lowest BCUT2D eigenvalue weighted by Crippen LogP contribution is -2.13. The molecule has 116 valence electrons. The van der Waals surface area contributed by atoms with Crippen molar-refractivity contribution in [3.63, 3.8) is 0 Å². The van der Waals surface area contributed by atoms with Crippen LogP contribution in [0.3, 0.4) is 0 Å². The van der Waals surface area contributed by atoms with Crippen molar-refractivity contribution in [2.24, 2.45) is 0 Å². The van der Waals surface area contributed by atoms with Gasteiger partial charge in [-0.1, -0.05) is 55.0 Å². The molecule has 0 bridgehead atoms. The molecule has 1 aromatic heterocycles. The number of hydrogen-bond acceptors (Lipinski definition) is 2. The van der Waals surface area contributed by atoms with Gasteiger partial charge in [0.15, 0.2) is 0 Å². The van der Waals surface area contributed by atoms with Gasteiger partial charge in [0.1, 0.15) is 5.69 Å². The lowest BCUT2D eigenvalue weighted by molar-refractivity contribution is 0.102. The molecular formula is C19H19N3O. The van der Waals surface area contributed by atoms with Crippen molar-refractivity contribution in [3.05, 3.63) is 71.4 Å². The predicted molar refractivity (Wildman–Crippen MR) is 92.5 cm³/mol. The van der Waals surface area contributed by atoms with Gasteiger partial charge in [0.25, 0.3) is 5.91 Å². The van der Waals surface area contributed by atoms with Crippen LogP contribution in [0.15, 0.2) is 54.6 Å². The first-order valence-corrected chi connectivity index (χ1v) is 7.69. The first-order valence-electron chi connectivity index (χ1n) is 7.69. The summed E-state index contributed by atoms with van der Waals surface area (Å²) in [6, 6.07) is 17.6. The Hall–Kier alpha value is -2.88. The number of carbonyl (C=O) groups excluding carboxylic acids is 1. The minimum absolute atomic E-state index is 0.184. The fourth-order valence-electron chi connectivity index (χ4n) is 2.45. The van der Waals surface area contributed by atoms with Gasteiger partial charge < -0.3 is 5.32 Å². The van der Waals surface area contributed by atoms with E-state index >= 15 is 0 Å². The average molecular weight is 305 g/mol. The molecule has 0 unspecified atom stereocenters. The molecule has 0 saturated heterocycles. The summed E-state index contributed by atoms with van der Waals surface area (Å²) in [4.78, 5) is 12.4. The van der Waals surface area contributed by atoms with Crippen molar-refractivity contribution >= 4 is 11.6 Å².